The molecule has 0 bridgehead atoms. The van der Waals surface area contributed by atoms with Gasteiger partial charge in [-0.05, 0) is 30.5 Å². The van der Waals surface area contributed by atoms with E-state index in [0.717, 1.165) is 17.7 Å². The summed E-state index contributed by atoms with van der Waals surface area (Å²) in [6, 6.07) is 7.76. The molecule has 1 rings (SSSR count). The normalized spacial score (nSPS) is 11.8. The molecule has 0 fully saturated rings. The lowest BCUT2D eigenvalue weighted by molar-refractivity contribution is 0.222. The quantitative estimate of drug-likeness (QED) is 0.731. The first-order chi connectivity index (χ1) is 6.76. The van der Waals surface area contributed by atoms with Gasteiger partial charge in [-0.25, -0.2) is 0 Å². The molecule has 0 amide bonds. The van der Waals surface area contributed by atoms with Gasteiger partial charge >= 0.3 is 0 Å². The second-order valence-electron chi connectivity index (χ2n) is 3.07. The molecule has 0 spiro atoms. The molecule has 0 saturated carbocycles. The second-order valence-corrected chi connectivity index (χ2v) is 3.07. The third-order valence-corrected chi connectivity index (χ3v) is 2.03. The van der Waals surface area contributed by atoms with Crippen LogP contribution in [-0.4, -0.2) is 18.3 Å². The predicted molar refractivity (Wildman–Crippen MR) is 56.2 cm³/mol. The highest BCUT2D eigenvalue weighted by atomic mass is 16.5. The van der Waals surface area contributed by atoms with Gasteiger partial charge in [-0.15, -0.1) is 6.42 Å². The van der Waals surface area contributed by atoms with Crippen LogP contribution < -0.4 is 4.74 Å². The van der Waals surface area contributed by atoms with Crippen LogP contribution in [0.25, 0.3) is 0 Å². The zero-order valence-corrected chi connectivity index (χ0v) is 8.23. The predicted octanol–water partition coefficient (Wildman–Crippen LogP) is 1.62. The van der Waals surface area contributed by atoms with E-state index in [1.54, 1.807) is 7.11 Å². The molecule has 2 nitrogen and oxygen atoms in total. The monoisotopic (exact) mass is 190 g/mol. The maximum absolute atomic E-state index is 9.18. The number of methoxy groups -OCH3 is 1. The first-order valence-electron chi connectivity index (χ1n) is 4.53. The minimum absolute atomic E-state index is 0.587. The van der Waals surface area contributed by atoms with Crippen LogP contribution >= 0.6 is 0 Å². The molecule has 2 heteroatoms. The number of ether oxygens (including phenoxy) is 1. The van der Waals surface area contributed by atoms with Crippen LogP contribution in [0.4, 0.5) is 0 Å². The van der Waals surface area contributed by atoms with Gasteiger partial charge in [-0.2, -0.15) is 0 Å². The molecular weight excluding hydrogens is 176 g/mol. The molecule has 0 aliphatic rings. The van der Waals surface area contributed by atoms with E-state index < -0.39 is 6.10 Å². The van der Waals surface area contributed by atoms with Gasteiger partial charge in [-0.1, -0.05) is 18.1 Å². The topological polar surface area (TPSA) is 29.5 Å². The Morgan fingerprint density at radius 3 is 3.00 bits per heavy atom. The summed E-state index contributed by atoms with van der Waals surface area (Å²) in [6.45, 7) is 0. The number of aryl methyl sites for hydroxylation is 1. The summed E-state index contributed by atoms with van der Waals surface area (Å²) in [5, 5.41) is 9.18. The standard InChI is InChI=1S/C12H14O2/c1-3-11(13)8-7-10-5-4-6-12(9-10)14-2/h1,4-6,9,11,13H,7-8H2,2H3. The number of terminal acetylenes is 1. The smallest absolute Gasteiger partial charge is 0.119 e. The summed E-state index contributed by atoms with van der Waals surface area (Å²) in [4.78, 5) is 0. The van der Waals surface area contributed by atoms with Gasteiger partial charge < -0.3 is 9.84 Å². The van der Waals surface area contributed by atoms with Crippen LogP contribution in [0.1, 0.15) is 12.0 Å². The summed E-state index contributed by atoms with van der Waals surface area (Å²) in [5.41, 5.74) is 1.12. The van der Waals surface area contributed by atoms with Crippen LogP contribution in [0.2, 0.25) is 0 Å². The SMILES string of the molecule is C#CC(O)CCc1cccc(OC)c1. The Bertz CT molecular complexity index is 325. The lowest BCUT2D eigenvalue weighted by Crippen LogP contribution is -2.03. The number of hydrogen-bond acceptors (Lipinski definition) is 2. The Morgan fingerprint density at radius 2 is 2.36 bits per heavy atom. The van der Waals surface area contributed by atoms with E-state index in [-0.39, 0.29) is 0 Å². The molecule has 1 unspecified atom stereocenters. The van der Waals surface area contributed by atoms with E-state index in [4.69, 9.17) is 11.2 Å². The molecular formula is C12H14O2. The van der Waals surface area contributed by atoms with Crippen LogP contribution in [0.15, 0.2) is 24.3 Å². The van der Waals surface area contributed by atoms with Gasteiger partial charge in [0, 0.05) is 0 Å². The van der Waals surface area contributed by atoms with Crippen molar-refractivity contribution in [2.45, 2.75) is 18.9 Å². The number of aliphatic hydroxyl groups is 1. The van der Waals surface area contributed by atoms with Crippen molar-refractivity contribution in [3.63, 3.8) is 0 Å². The molecule has 1 atom stereocenters. The first-order valence-corrected chi connectivity index (χ1v) is 4.53. The number of aliphatic hydroxyl groups excluding tert-OH is 1. The lowest BCUT2D eigenvalue weighted by atomic mass is 10.1. The van der Waals surface area contributed by atoms with E-state index in [1.807, 2.05) is 24.3 Å². The van der Waals surface area contributed by atoms with Crippen LogP contribution in [0.5, 0.6) is 5.75 Å². The summed E-state index contributed by atoms with van der Waals surface area (Å²) in [7, 11) is 1.63. The molecule has 1 N–H and O–H groups in total. The molecule has 0 aromatic heterocycles. The number of benzene rings is 1. The highest BCUT2D eigenvalue weighted by Gasteiger charge is 2.00. The van der Waals surface area contributed by atoms with Gasteiger partial charge in [0.05, 0.1) is 7.11 Å². The van der Waals surface area contributed by atoms with Crippen molar-refractivity contribution < 1.29 is 9.84 Å². The Morgan fingerprint density at radius 1 is 1.57 bits per heavy atom. The molecule has 1 aromatic carbocycles. The fourth-order valence-corrected chi connectivity index (χ4v) is 1.21. The van der Waals surface area contributed by atoms with E-state index in [2.05, 4.69) is 5.92 Å². The highest BCUT2D eigenvalue weighted by molar-refractivity contribution is 5.28. The fourth-order valence-electron chi connectivity index (χ4n) is 1.21. The molecule has 74 valence electrons. The Kier molecular flexibility index (Phi) is 4.03. The average Bonchev–Trinajstić information content (AvgIpc) is 2.26. The third-order valence-electron chi connectivity index (χ3n) is 2.03. The van der Waals surface area contributed by atoms with Crippen molar-refractivity contribution in [1.82, 2.24) is 0 Å². The molecule has 0 aliphatic carbocycles. The van der Waals surface area contributed by atoms with Gasteiger partial charge in [0.1, 0.15) is 11.9 Å². The highest BCUT2D eigenvalue weighted by Crippen LogP contribution is 2.14. The Balaban J connectivity index is 2.55. The number of hydrogen-bond donors (Lipinski definition) is 1. The largest absolute Gasteiger partial charge is 0.497 e. The van der Waals surface area contributed by atoms with Crippen molar-refractivity contribution in [3.8, 4) is 18.1 Å². The molecule has 0 saturated heterocycles. The first kappa shape index (κ1) is 10.6. The van der Waals surface area contributed by atoms with Crippen molar-refractivity contribution >= 4 is 0 Å². The molecule has 1 aromatic rings. The van der Waals surface area contributed by atoms with Gasteiger partial charge in [-0.3, -0.25) is 0 Å². The summed E-state index contributed by atoms with van der Waals surface area (Å²) in [5.74, 6) is 3.12. The summed E-state index contributed by atoms with van der Waals surface area (Å²) < 4.78 is 5.09. The van der Waals surface area contributed by atoms with Crippen LogP contribution in [0.3, 0.4) is 0 Å². The summed E-state index contributed by atoms with van der Waals surface area (Å²) in [6.07, 6.45) is 5.77. The second kappa shape index (κ2) is 5.31. The van der Waals surface area contributed by atoms with Gasteiger partial charge in [0.25, 0.3) is 0 Å². The van der Waals surface area contributed by atoms with Crippen molar-refractivity contribution in [1.29, 1.82) is 0 Å². The Labute approximate surface area is 84.5 Å². The minimum atomic E-state index is -0.652. The molecule has 0 heterocycles. The van der Waals surface area contributed by atoms with Crippen LogP contribution in [0, 0.1) is 12.3 Å². The fraction of sp³-hybridized carbons (Fsp3) is 0.333. The maximum atomic E-state index is 9.18. The average molecular weight is 190 g/mol. The van der Waals surface area contributed by atoms with E-state index in [1.165, 1.54) is 0 Å². The molecule has 0 aliphatic heterocycles. The molecule has 0 radical (unpaired) electrons. The zero-order valence-electron chi connectivity index (χ0n) is 8.23. The lowest BCUT2D eigenvalue weighted by Gasteiger charge is -2.05. The zero-order chi connectivity index (χ0) is 10.4. The third kappa shape index (κ3) is 3.12. The van der Waals surface area contributed by atoms with E-state index >= 15 is 0 Å². The van der Waals surface area contributed by atoms with Crippen LogP contribution in [-0.2, 0) is 6.42 Å². The van der Waals surface area contributed by atoms with E-state index in [0.29, 0.717) is 6.42 Å². The Hall–Kier alpha value is -1.46. The van der Waals surface area contributed by atoms with Crippen molar-refractivity contribution in [2.24, 2.45) is 0 Å². The van der Waals surface area contributed by atoms with E-state index in [9.17, 15) is 5.11 Å². The van der Waals surface area contributed by atoms with Crippen molar-refractivity contribution in [3.05, 3.63) is 29.8 Å². The minimum Gasteiger partial charge on any atom is -0.497 e. The number of rotatable bonds is 4. The maximum Gasteiger partial charge on any atom is 0.119 e. The molecule has 14 heavy (non-hydrogen) atoms. The van der Waals surface area contributed by atoms with Gasteiger partial charge in [0.15, 0.2) is 0 Å². The van der Waals surface area contributed by atoms with Gasteiger partial charge in [0.2, 0.25) is 0 Å². The summed E-state index contributed by atoms with van der Waals surface area (Å²) >= 11 is 0. The van der Waals surface area contributed by atoms with Crippen molar-refractivity contribution in [2.75, 3.05) is 7.11 Å².